The maximum Gasteiger partial charge on any atom is 0.261 e. The van der Waals surface area contributed by atoms with Gasteiger partial charge in [-0.2, -0.15) is 0 Å². The van der Waals surface area contributed by atoms with Crippen LogP contribution in [0.4, 0.5) is 0 Å². The number of likely N-dealkylation sites (tertiary alicyclic amines) is 1. The molecule has 0 radical (unpaired) electrons. The van der Waals surface area contributed by atoms with Gasteiger partial charge in [-0.05, 0) is 60.4 Å². The minimum Gasteiger partial charge on any atom is -0.357 e. The number of unbranched alkanes of at least 4 members (excludes halogenated alkanes) is 1. The van der Waals surface area contributed by atoms with Crippen LogP contribution >= 0.6 is 21.6 Å². The van der Waals surface area contributed by atoms with Crippen LogP contribution in [0.15, 0.2) is 115 Å². The fraction of sp³-hybridized carbons (Fsp3) is 0.326. The predicted molar refractivity (Wildman–Crippen MR) is 215 cm³/mol. The summed E-state index contributed by atoms with van der Waals surface area (Å²) in [5.74, 6) is -0.645. The van der Waals surface area contributed by atoms with Gasteiger partial charge in [0, 0.05) is 32.3 Å². The summed E-state index contributed by atoms with van der Waals surface area (Å²) < 4.78 is 0. The molecule has 2 aliphatic rings. The van der Waals surface area contributed by atoms with Gasteiger partial charge in [0.25, 0.3) is 11.8 Å². The zero-order chi connectivity index (χ0) is 37.9. The van der Waals surface area contributed by atoms with Crippen molar-refractivity contribution in [3.8, 4) is 0 Å². The highest BCUT2D eigenvalue weighted by Crippen LogP contribution is 2.35. The van der Waals surface area contributed by atoms with E-state index in [0.717, 1.165) is 16.7 Å². The Labute approximate surface area is 325 Å². The maximum atomic E-state index is 14.5. The van der Waals surface area contributed by atoms with E-state index in [1.54, 1.807) is 47.0 Å². The summed E-state index contributed by atoms with van der Waals surface area (Å²) >= 11 is 0. The lowest BCUT2D eigenvalue weighted by Gasteiger charge is -2.32. The van der Waals surface area contributed by atoms with Crippen LogP contribution in [-0.2, 0) is 26.6 Å². The summed E-state index contributed by atoms with van der Waals surface area (Å²) in [5, 5.41) is 5.42. The first kappa shape index (κ1) is 38.8. The van der Waals surface area contributed by atoms with Crippen molar-refractivity contribution < 1.29 is 24.0 Å². The summed E-state index contributed by atoms with van der Waals surface area (Å²) in [6.07, 6.45) is 3.03. The number of fused-ring (bicyclic) bond motifs is 1. The molecular formula is C43H46N4O5S2. The lowest BCUT2D eigenvalue weighted by Crippen LogP contribution is -2.56. The van der Waals surface area contributed by atoms with Gasteiger partial charge in [0.1, 0.15) is 12.1 Å². The van der Waals surface area contributed by atoms with Crippen LogP contribution < -0.4 is 10.6 Å². The summed E-state index contributed by atoms with van der Waals surface area (Å²) in [4.78, 5) is 71.1. The fourth-order valence-corrected chi connectivity index (χ4v) is 9.84. The molecule has 6 rings (SSSR count). The molecule has 5 amide bonds. The Balaban J connectivity index is 1.19. The first-order valence-electron chi connectivity index (χ1n) is 18.5. The molecule has 0 aliphatic carbocycles. The van der Waals surface area contributed by atoms with Gasteiger partial charge >= 0.3 is 0 Å². The van der Waals surface area contributed by atoms with Gasteiger partial charge in [-0.15, -0.1) is 0 Å². The molecule has 0 bridgehead atoms. The molecule has 4 aromatic rings. The fourth-order valence-electron chi connectivity index (χ4n) is 7.20. The number of rotatable bonds is 16. The van der Waals surface area contributed by atoms with Crippen molar-refractivity contribution in [3.63, 3.8) is 0 Å². The Hall–Kier alpha value is -4.87. The Morgan fingerprint density at radius 3 is 1.98 bits per heavy atom. The second-order valence-corrected chi connectivity index (χ2v) is 16.3. The molecule has 11 heteroatoms. The Bertz CT molecular complexity index is 1880. The van der Waals surface area contributed by atoms with E-state index in [0.29, 0.717) is 61.9 Å². The molecule has 2 N–H and O–H groups in total. The van der Waals surface area contributed by atoms with Crippen LogP contribution in [-0.4, -0.2) is 76.8 Å². The minimum atomic E-state index is -0.839. The number of nitrogens with zero attached hydrogens (tertiary/aromatic N) is 2. The largest absolute Gasteiger partial charge is 0.357 e. The normalized spacial score (nSPS) is 18.1. The van der Waals surface area contributed by atoms with Crippen LogP contribution in [0.1, 0.15) is 75.4 Å². The van der Waals surface area contributed by atoms with Crippen molar-refractivity contribution in [3.05, 3.63) is 143 Å². The number of nitrogens with one attached hydrogen (secondary N) is 2. The van der Waals surface area contributed by atoms with E-state index < -0.39 is 17.3 Å². The van der Waals surface area contributed by atoms with Crippen molar-refractivity contribution in [2.45, 2.75) is 67.5 Å². The number of imide groups is 1. The van der Waals surface area contributed by atoms with Crippen LogP contribution in [0.2, 0.25) is 0 Å². The summed E-state index contributed by atoms with van der Waals surface area (Å²) in [6, 6.07) is 35.0. The van der Waals surface area contributed by atoms with Gasteiger partial charge in [-0.25, -0.2) is 0 Å². The van der Waals surface area contributed by atoms with Crippen molar-refractivity contribution in [1.82, 2.24) is 20.4 Å². The molecule has 280 valence electrons. The average Bonchev–Trinajstić information content (AvgIpc) is 3.33. The van der Waals surface area contributed by atoms with Gasteiger partial charge in [0.2, 0.25) is 17.7 Å². The van der Waals surface area contributed by atoms with Crippen LogP contribution in [0, 0.1) is 0 Å². The molecule has 2 heterocycles. The predicted octanol–water partition coefficient (Wildman–Crippen LogP) is 6.65. The third-order valence-electron chi connectivity index (χ3n) is 10.1. The van der Waals surface area contributed by atoms with E-state index in [4.69, 9.17) is 0 Å². The second kappa shape index (κ2) is 18.9. The average molecular weight is 763 g/mol. The van der Waals surface area contributed by atoms with E-state index in [9.17, 15) is 24.0 Å². The summed E-state index contributed by atoms with van der Waals surface area (Å²) in [7, 11) is 4.64. The van der Waals surface area contributed by atoms with Crippen LogP contribution in [0.3, 0.4) is 0 Å². The minimum absolute atomic E-state index is 0.00858. The van der Waals surface area contributed by atoms with Gasteiger partial charge in [-0.3, -0.25) is 28.9 Å². The highest BCUT2D eigenvalue weighted by Gasteiger charge is 2.40. The molecule has 4 atom stereocenters. The number of carbonyl (C=O) groups excluding carboxylic acids is 5. The Kier molecular flexibility index (Phi) is 13.6. The lowest BCUT2D eigenvalue weighted by atomic mass is 9.90. The number of hydrogen-bond donors (Lipinski definition) is 2. The molecule has 0 saturated carbocycles. The highest BCUT2D eigenvalue weighted by atomic mass is 33.1. The standard InChI is InChI=1S/C43H46N4O5S2/c1-44-39(48)37(27-30-15-5-2-6-16-30)46-26-24-33(32-19-9-4-10-20-32)28-36(43(46)52)45-40(49)38(54-53-29-31-17-7-3-8-18-31)23-13-14-25-47-41(50)34-21-11-12-22-35(34)42(47)51/h2-12,15-22,33,36-38H,13-14,23-29H2,1H3,(H,44,48)(H,45,49)/t33-,36-,37-,38?/m0/s1. The molecule has 0 aromatic heterocycles. The first-order chi connectivity index (χ1) is 26.3. The molecule has 2 aliphatic heterocycles. The number of carbonyl (C=O) groups is 5. The molecule has 1 fully saturated rings. The number of benzene rings is 4. The van der Waals surface area contributed by atoms with Crippen molar-refractivity contribution in [2.24, 2.45) is 0 Å². The van der Waals surface area contributed by atoms with E-state index in [1.807, 2.05) is 78.9 Å². The lowest BCUT2D eigenvalue weighted by molar-refractivity contribution is -0.142. The molecule has 0 spiro atoms. The Morgan fingerprint density at radius 1 is 0.759 bits per heavy atom. The molecular weight excluding hydrogens is 717 g/mol. The smallest absolute Gasteiger partial charge is 0.261 e. The molecule has 54 heavy (non-hydrogen) atoms. The Morgan fingerprint density at radius 2 is 1.35 bits per heavy atom. The molecule has 1 saturated heterocycles. The number of likely N-dealkylation sites (N-methyl/N-ethyl adjacent to an activating group) is 1. The number of hydrogen-bond acceptors (Lipinski definition) is 7. The van der Waals surface area contributed by atoms with Crippen LogP contribution in [0.25, 0.3) is 0 Å². The first-order valence-corrected chi connectivity index (χ1v) is 20.9. The van der Waals surface area contributed by atoms with Crippen molar-refractivity contribution >= 4 is 51.1 Å². The van der Waals surface area contributed by atoms with Gasteiger partial charge < -0.3 is 15.5 Å². The molecule has 1 unspecified atom stereocenters. The van der Waals surface area contributed by atoms with Crippen LogP contribution in [0.5, 0.6) is 0 Å². The van der Waals surface area contributed by atoms with Crippen molar-refractivity contribution in [1.29, 1.82) is 0 Å². The van der Waals surface area contributed by atoms with Gasteiger partial charge in [-0.1, -0.05) is 131 Å². The van der Waals surface area contributed by atoms with E-state index in [2.05, 4.69) is 22.8 Å². The highest BCUT2D eigenvalue weighted by molar-refractivity contribution is 8.76. The second-order valence-electron chi connectivity index (χ2n) is 13.7. The van der Waals surface area contributed by atoms with Crippen molar-refractivity contribution in [2.75, 3.05) is 20.1 Å². The SMILES string of the molecule is CNC(=O)[C@H](Cc1ccccc1)N1CC[C@H](c2ccccc2)C[C@H](NC(=O)C(CCCCN2C(=O)c3ccccc3C2=O)SSCc2ccccc2)C1=O. The summed E-state index contributed by atoms with van der Waals surface area (Å²) in [6.45, 7) is 0.637. The van der Waals surface area contributed by atoms with E-state index in [-0.39, 0.29) is 42.0 Å². The number of amides is 5. The topological polar surface area (TPSA) is 116 Å². The molecule has 9 nitrogen and oxygen atoms in total. The third kappa shape index (κ3) is 9.62. The maximum absolute atomic E-state index is 14.5. The summed E-state index contributed by atoms with van der Waals surface area (Å²) in [5.41, 5.74) is 4.01. The monoisotopic (exact) mass is 762 g/mol. The van der Waals surface area contributed by atoms with Gasteiger partial charge in [0.15, 0.2) is 0 Å². The third-order valence-corrected chi connectivity index (χ3v) is 12.9. The zero-order valence-corrected chi connectivity index (χ0v) is 32.0. The van der Waals surface area contributed by atoms with E-state index >= 15 is 0 Å². The van der Waals surface area contributed by atoms with Gasteiger partial charge in [0.05, 0.1) is 16.4 Å². The zero-order valence-electron chi connectivity index (χ0n) is 30.4. The van der Waals surface area contributed by atoms with E-state index in [1.165, 1.54) is 15.7 Å². The quantitative estimate of drug-likeness (QED) is 0.0747. The molecule has 4 aromatic carbocycles.